The van der Waals surface area contributed by atoms with Crippen molar-refractivity contribution in [2.75, 3.05) is 37.4 Å². The monoisotopic (exact) mass is 849 g/mol. The van der Waals surface area contributed by atoms with Crippen LogP contribution in [0.1, 0.15) is 32.3 Å². The fraction of sp³-hybridized carbons (Fsp3) is 0.421. The van der Waals surface area contributed by atoms with Crippen molar-refractivity contribution in [3.8, 4) is 0 Å². The number of rotatable bonds is 18. The minimum atomic E-state index is -1.56. The van der Waals surface area contributed by atoms with Gasteiger partial charge in [-0.2, -0.15) is 0 Å². The van der Waals surface area contributed by atoms with Gasteiger partial charge in [0, 0.05) is 50.8 Å². The maximum Gasteiger partial charge on any atom is 0.409 e. The predicted octanol–water partition coefficient (Wildman–Crippen LogP) is -1.83. The van der Waals surface area contributed by atoms with Gasteiger partial charge in [-0.05, 0) is 37.1 Å². The summed E-state index contributed by atoms with van der Waals surface area (Å²) in [6.07, 6.45) is -1.81. The van der Waals surface area contributed by atoms with Gasteiger partial charge < -0.3 is 61.3 Å². The second-order valence-corrected chi connectivity index (χ2v) is 14.2. The lowest BCUT2D eigenvalue weighted by Gasteiger charge is -2.42. The molecule has 1 fully saturated rings. The number of aliphatic hydroxyl groups excluding tert-OH is 3. The highest BCUT2D eigenvalue weighted by molar-refractivity contribution is 6.13. The third-order valence-electron chi connectivity index (χ3n) is 9.60. The largest absolute Gasteiger partial charge is 0.445 e. The second-order valence-electron chi connectivity index (χ2n) is 14.2. The topological polar surface area (TPSA) is 320 Å². The number of imide groups is 1. The van der Waals surface area contributed by atoms with E-state index in [1.54, 1.807) is 24.3 Å². The van der Waals surface area contributed by atoms with Crippen LogP contribution in [0.2, 0.25) is 0 Å². The number of imidazole rings is 1. The van der Waals surface area contributed by atoms with Crippen LogP contribution >= 0.6 is 0 Å². The second kappa shape index (κ2) is 20.4. The van der Waals surface area contributed by atoms with E-state index in [9.17, 15) is 48.9 Å². The van der Waals surface area contributed by atoms with Crippen LogP contribution in [0.4, 0.5) is 16.3 Å². The summed E-state index contributed by atoms with van der Waals surface area (Å²) in [5.74, 6) is -3.33. The van der Waals surface area contributed by atoms with E-state index in [0.717, 1.165) is 22.0 Å². The van der Waals surface area contributed by atoms with E-state index in [-0.39, 0.29) is 43.9 Å². The summed E-state index contributed by atoms with van der Waals surface area (Å²) < 4.78 is 11.1. The molecule has 2 aliphatic heterocycles. The third kappa shape index (κ3) is 11.7. The molecule has 0 saturated carbocycles. The molecule has 1 saturated heterocycles. The quantitative estimate of drug-likeness (QED) is 0.0502. The molecule has 7 amide bonds. The van der Waals surface area contributed by atoms with Crippen molar-refractivity contribution in [2.45, 2.75) is 76.0 Å². The first kappa shape index (κ1) is 45.3. The maximum atomic E-state index is 13.0. The third-order valence-corrected chi connectivity index (χ3v) is 9.60. The van der Waals surface area contributed by atoms with Gasteiger partial charge >= 0.3 is 6.09 Å². The van der Waals surface area contributed by atoms with Crippen LogP contribution in [0.5, 0.6) is 0 Å². The Labute approximate surface area is 348 Å². The molecule has 1 aromatic carbocycles. The number of aromatic amines is 1. The lowest BCUT2D eigenvalue weighted by molar-refractivity contribution is -0.185. The van der Waals surface area contributed by atoms with Crippen molar-refractivity contribution < 1.29 is 58.4 Å². The smallest absolute Gasteiger partial charge is 0.409 e. The normalized spacial score (nSPS) is 20.7. The number of hydrogen-bond acceptors (Lipinski definition) is 16. The van der Waals surface area contributed by atoms with E-state index in [0.29, 0.717) is 22.4 Å². The summed E-state index contributed by atoms with van der Waals surface area (Å²) in [5, 5.41) is 44.7. The number of ether oxygens (including phenoxy) is 2. The molecule has 0 spiro atoms. The molecule has 3 aromatic rings. The SMILES string of the molecule is C=C(C)[C@H](NC(=O)CCN1C(=O)C=CC1=O)C(=O)N[C@@H](C)C(=O)Nc1ccc(COC(=O)N(C)CCC(=O)N[C@@H]2[C@@H](O)[C@H](O)[C@@H](Nc3ncnc4nc[nH]c34)O[C@H]2CO)cc1. The van der Waals surface area contributed by atoms with Crippen molar-refractivity contribution in [3.05, 3.63) is 66.8 Å². The van der Waals surface area contributed by atoms with Gasteiger partial charge in [0.05, 0.1) is 19.0 Å². The molecule has 0 unspecified atom stereocenters. The number of carbonyl (C=O) groups is 7. The number of nitrogens with zero attached hydrogens (tertiary/aromatic N) is 5. The molecule has 7 atom stereocenters. The van der Waals surface area contributed by atoms with Gasteiger partial charge in [0.1, 0.15) is 48.8 Å². The van der Waals surface area contributed by atoms with Crippen LogP contribution in [0.25, 0.3) is 11.2 Å². The van der Waals surface area contributed by atoms with Crippen molar-refractivity contribution in [3.63, 3.8) is 0 Å². The molecule has 2 aromatic heterocycles. The number of aromatic nitrogens is 4. The highest BCUT2D eigenvalue weighted by Crippen LogP contribution is 2.25. The fourth-order valence-electron chi connectivity index (χ4n) is 6.11. The zero-order valence-electron chi connectivity index (χ0n) is 33.4. The summed E-state index contributed by atoms with van der Waals surface area (Å²) in [6, 6.07) is 2.88. The molecule has 326 valence electrons. The number of carbonyl (C=O) groups excluding carboxylic acids is 7. The molecule has 9 N–H and O–H groups in total. The lowest BCUT2D eigenvalue weighted by atomic mass is 9.95. The highest BCUT2D eigenvalue weighted by Gasteiger charge is 2.45. The number of nitrogens with one attached hydrogen (secondary N) is 6. The van der Waals surface area contributed by atoms with E-state index in [4.69, 9.17) is 9.47 Å². The Morgan fingerprint density at radius 2 is 1.69 bits per heavy atom. The van der Waals surface area contributed by atoms with E-state index in [1.807, 2.05) is 0 Å². The Kier molecular flexibility index (Phi) is 15.2. The summed E-state index contributed by atoms with van der Waals surface area (Å²) in [4.78, 5) is 104. The molecular weight excluding hydrogens is 802 g/mol. The lowest BCUT2D eigenvalue weighted by Crippen LogP contribution is -2.65. The number of anilines is 2. The van der Waals surface area contributed by atoms with Gasteiger partial charge in [0.25, 0.3) is 11.8 Å². The van der Waals surface area contributed by atoms with Gasteiger partial charge in [0.15, 0.2) is 17.7 Å². The molecule has 4 heterocycles. The molecule has 5 rings (SSSR count). The van der Waals surface area contributed by atoms with Gasteiger partial charge in [-0.1, -0.05) is 18.7 Å². The van der Waals surface area contributed by atoms with E-state index >= 15 is 0 Å². The van der Waals surface area contributed by atoms with Crippen LogP contribution in [0, 0.1) is 0 Å². The fourth-order valence-corrected chi connectivity index (χ4v) is 6.11. The number of amides is 7. The first-order chi connectivity index (χ1) is 29.1. The van der Waals surface area contributed by atoms with E-state index in [2.05, 4.69) is 53.1 Å². The standard InChI is InChI=1S/C38H47N11O12/c1-19(2)28(45-25(52)12-14-49-26(53)9-10-27(49)54)36(58)43-20(3)35(57)44-22-7-5-21(6-8-22)16-60-38(59)48(4)13-11-24(51)46-29-23(15-50)61-37(32(56)31(29)55)47-34-30-33(40-17-39-30)41-18-42-34/h5-10,17-18,20,23,28-29,31-32,37,50,55-56H,1,11-16H2,2-4H3,(H,43,58)(H,44,57)(H,45,52)(H,46,51)(H2,39,40,41,42,47)/t20-,23-,28-,29-,31+,32-,37-/m0/s1. The maximum absolute atomic E-state index is 13.0. The van der Waals surface area contributed by atoms with Crippen LogP contribution < -0.4 is 26.6 Å². The Bertz CT molecular complexity index is 2140. The molecule has 61 heavy (non-hydrogen) atoms. The first-order valence-electron chi connectivity index (χ1n) is 18.9. The van der Waals surface area contributed by atoms with Gasteiger partial charge in [-0.15, -0.1) is 0 Å². The summed E-state index contributed by atoms with van der Waals surface area (Å²) >= 11 is 0. The Hall–Kier alpha value is -6.82. The number of benzene rings is 1. The zero-order valence-corrected chi connectivity index (χ0v) is 33.4. The van der Waals surface area contributed by atoms with Crippen LogP contribution in [-0.2, 0) is 44.8 Å². The summed E-state index contributed by atoms with van der Waals surface area (Å²) in [6.45, 7) is 5.67. The molecular formula is C38H47N11O12. The average Bonchev–Trinajstić information content (AvgIpc) is 3.85. The zero-order chi connectivity index (χ0) is 44.4. The highest BCUT2D eigenvalue weighted by atomic mass is 16.6. The molecule has 0 bridgehead atoms. The van der Waals surface area contributed by atoms with Crippen LogP contribution in [-0.4, -0.2) is 156 Å². The van der Waals surface area contributed by atoms with Crippen molar-refractivity contribution in [1.29, 1.82) is 0 Å². The molecule has 0 radical (unpaired) electrons. The Morgan fingerprint density at radius 1 is 0.984 bits per heavy atom. The summed E-state index contributed by atoms with van der Waals surface area (Å²) in [7, 11) is 1.42. The first-order valence-corrected chi connectivity index (χ1v) is 18.9. The summed E-state index contributed by atoms with van der Waals surface area (Å²) in [5.41, 5.74) is 1.99. The van der Waals surface area contributed by atoms with Crippen molar-refractivity contribution >= 4 is 64.2 Å². The van der Waals surface area contributed by atoms with Crippen LogP contribution in [0.3, 0.4) is 0 Å². The van der Waals surface area contributed by atoms with Crippen molar-refractivity contribution in [1.82, 2.24) is 45.7 Å². The number of aliphatic hydroxyl groups is 3. The van der Waals surface area contributed by atoms with Gasteiger partial charge in [0.2, 0.25) is 23.6 Å². The van der Waals surface area contributed by atoms with Crippen molar-refractivity contribution in [2.24, 2.45) is 0 Å². The minimum Gasteiger partial charge on any atom is -0.445 e. The predicted molar refractivity (Wildman–Crippen MR) is 212 cm³/mol. The number of H-pyrrole nitrogens is 1. The number of hydrogen-bond donors (Lipinski definition) is 9. The molecule has 0 aliphatic carbocycles. The molecule has 23 nitrogen and oxygen atoms in total. The Balaban J connectivity index is 1.01. The van der Waals surface area contributed by atoms with Gasteiger partial charge in [-0.25, -0.2) is 19.7 Å². The average molecular weight is 850 g/mol. The Morgan fingerprint density at radius 3 is 2.36 bits per heavy atom. The van der Waals surface area contributed by atoms with Gasteiger partial charge in [-0.3, -0.25) is 33.7 Å². The molecule has 2 aliphatic rings. The van der Waals surface area contributed by atoms with E-state index < -0.39 is 90.8 Å². The number of fused-ring (bicyclic) bond motifs is 1. The minimum absolute atomic E-state index is 0.0844. The molecule has 23 heteroatoms. The van der Waals surface area contributed by atoms with Crippen LogP contribution in [0.15, 0.2) is 61.2 Å². The van der Waals surface area contributed by atoms with E-state index in [1.165, 1.54) is 33.5 Å².